The number of nitrogens with zero attached hydrogens (tertiary/aromatic N) is 1. The van der Waals surface area contributed by atoms with Gasteiger partial charge in [-0.2, -0.15) is 0 Å². The Morgan fingerprint density at radius 3 is 2.53 bits per heavy atom. The molecule has 0 aromatic carbocycles. The Bertz CT molecular complexity index is 225. The quantitative estimate of drug-likeness (QED) is 0.682. The van der Waals surface area contributed by atoms with Gasteiger partial charge in [0.2, 0.25) is 0 Å². The lowest BCUT2D eigenvalue weighted by Gasteiger charge is -2.19. The maximum absolute atomic E-state index is 11.5. The second kappa shape index (κ2) is 7.54. The van der Waals surface area contributed by atoms with Crippen molar-refractivity contribution >= 4 is 6.03 Å². The molecule has 4 heteroatoms. The standard InChI is InChI=1S/C13H27N3O/c1-4-16(5-2)10-6-7-11(3)14-13(17)15-12-8-9-12/h11-12H,4-10H2,1-3H3,(H2,14,15,17). The summed E-state index contributed by atoms with van der Waals surface area (Å²) in [6.45, 7) is 9.81. The molecule has 0 aromatic heterocycles. The van der Waals surface area contributed by atoms with Crippen molar-refractivity contribution in [2.75, 3.05) is 19.6 Å². The number of urea groups is 1. The van der Waals surface area contributed by atoms with Gasteiger partial charge in [-0.3, -0.25) is 0 Å². The molecule has 100 valence electrons. The molecule has 0 aliphatic heterocycles. The summed E-state index contributed by atoms with van der Waals surface area (Å²) in [6, 6.07) is 0.713. The number of carbonyl (C=O) groups excluding carboxylic acids is 1. The molecule has 1 aliphatic rings. The molecule has 1 fully saturated rings. The van der Waals surface area contributed by atoms with Crippen LogP contribution in [0.1, 0.15) is 46.5 Å². The summed E-state index contributed by atoms with van der Waals surface area (Å²) in [4.78, 5) is 13.9. The Morgan fingerprint density at radius 1 is 1.35 bits per heavy atom. The lowest BCUT2D eigenvalue weighted by atomic mass is 10.2. The molecule has 17 heavy (non-hydrogen) atoms. The molecule has 1 atom stereocenters. The fourth-order valence-electron chi connectivity index (χ4n) is 1.91. The largest absolute Gasteiger partial charge is 0.336 e. The summed E-state index contributed by atoms with van der Waals surface area (Å²) in [5.41, 5.74) is 0. The summed E-state index contributed by atoms with van der Waals surface area (Å²) in [7, 11) is 0. The first-order chi connectivity index (χ1) is 8.15. The van der Waals surface area contributed by atoms with E-state index in [0.717, 1.165) is 45.3 Å². The number of carbonyl (C=O) groups is 1. The highest BCUT2D eigenvalue weighted by molar-refractivity contribution is 5.74. The summed E-state index contributed by atoms with van der Waals surface area (Å²) in [6.07, 6.45) is 4.48. The third-order valence-electron chi connectivity index (χ3n) is 3.30. The molecule has 2 N–H and O–H groups in total. The topological polar surface area (TPSA) is 44.4 Å². The Hall–Kier alpha value is -0.770. The number of amides is 2. The minimum absolute atomic E-state index is 0.00263. The monoisotopic (exact) mass is 241 g/mol. The zero-order valence-corrected chi connectivity index (χ0v) is 11.5. The van der Waals surface area contributed by atoms with E-state index in [0.29, 0.717) is 6.04 Å². The van der Waals surface area contributed by atoms with Crippen LogP contribution in [-0.4, -0.2) is 42.6 Å². The molecule has 0 aromatic rings. The van der Waals surface area contributed by atoms with E-state index in [1.807, 2.05) is 0 Å². The molecule has 0 radical (unpaired) electrons. The Balaban J connectivity index is 2.03. The zero-order valence-electron chi connectivity index (χ0n) is 11.5. The molecule has 2 amide bonds. The van der Waals surface area contributed by atoms with Crippen LogP contribution in [-0.2, 0) is 0 Å². The van der Waals surface area contributed by atoms with Gasteiger partial charge in [-0.25, -0.2) is 4.79 Å². The number of hydrogen-bond donors (Lipinski definition) is 2. The van der Waals surface area contributed by atoms with Crippen LogP contribution in [0.5, 0.6) is 0 Å². The van der Waals surface area contributed by atoms with Gasteiger partial charge in [0, 0.05) is 12.1 Å². The van der Waals surface area contributed by atoms with Crippen LogP contribution in [0.2, 0.25) is 0 Å². The fourth-order valence-corrected chi connectivity index (χ4v) is 1.91. The Morgan fingerprint density at radius 2 is 2.00 bits per heavy atom. The van der Waals surface area contributed by atoms with Gasteiger partial charge in [-0.1, -0.05) is 13.8 Å². The molecular formula is C13H27N3O. The second-order valence-corrected chi connectivity index (χ2v) is 4.96. The van der Waals surface area contributed by atoms with Crippen molar-refractivity contribution in [3.05, 3.63) is 0 Å². The first kappa shape index (κ1) is 14.3. The first-order valence-corrected chi connectivity index (χ1v) is 6.95. The maximum atomic E-state index is 11.5. The molecule has 0 spiro atoms. The van der Waals surface area contributed by atoms with Crippen LogP contribution in [0.4, 0.5) is 4.79 Å². The minimum atomic E-state index is 0.00263. The lowest BCUT2D eigenvalue weighted by Crippen LogP contribution is -2.41. The highest BCUT2D eigenvalue weighted by atomic mass is 16.2. The molecule has 1 aliphatic carbocycles. The van der Waals surface area contributed by atoms with Crippen LogP contribution < -0.4 is 10.6 Å². The van der Waals surface area contributed by atoms with E-state index in [1.54, 1.807) is 0 Å². The molecule has 1 rings (SSSR count). The third-order valence-corrected chi connectivity index (χ3v) is 3.30. The van der Waals surface area contributed by atoms with Gasteiger partial charge >= 0.3 is 6.03 Å². The van der Waals surface area contributed by atoms with Gasteiger partial charge in [0.25, 0.3) is 0 Å². The smallest absolute Gasteiger partial charge is 0.315 e. The molecule has 0 bridgehead atoms. The van der Waals surface area contributed by atoms with E-state index in [1.165, 1.54) is 0 Å². The van der Waals surface area contributed by atoms with Gasteiger partial charge in [0.05, 0.1) is 0 Å². The number of hydrogen-bond acceptors (Lipinski definition) is 2. The third kappa shape index (κ3) is 6.51. The molecule has 0 heterocycles. The van der Waals surface area contributed by atoms with Gasteiger partial charge in [0.1, 0.15) is 0 Å². The summed E-state index contributed by atoms with van der Waals surface area (Å²) in [5.74, 6) is 0. The highest BCUT2D eigenvalue weighted by Gasteiger charge is 2.23. The molecule has 1 saturated carbocycles. The minimum Gasteiger partial charge on any atom is -0.336 e. The van der Waals surface area contributed by atoms with Crippen LogP contribution >= 0.6 is 0 Å². The summed E-state index contributed by atoms with van der Waals surface area (Å²) < 4.78 is 0. The van der Waals surface area contributed by atoms with Gasteiger partial charge in [0.15, 0.2) is 0 Å². The van der Waals surface area contributed by atoms with Crippen molar-refractivity contribution in [2.24, 2.45) is 0 Å². The normalized spacial score (nSPS) is 16.9. The maximum Gasteiger partial charge on any atom is 0.315 e. The SMILES string of the molecule is CCN(CC)CCCC(C)NC(=O)NC1CC1. The van der Waals surface area contributed by atoms with E-state index in [-0.39, 0.29) is 12.1 Å². The number of nitrogens with one attached hydrogen (secondary N) is 2. The van der Waals surface area contributed by atoms with E-state index in [2.05, 4.69) is 36.3 Å². The summed E-state index contributed by atoms with van der Waals surface area (Å²) in [5, 5.41) is 5.94. The van der Waals surface area contributed by atoms with Gasteiger partial charge in [-0.05, 0) is 52.2 Å². The molecule has 4 nitrogen and oxygen atoms in total. The van der Waals surface area contributed by atoms with E-state index < -0.39 is 0 Å². The van der Waals surface area contributed by atoms with Crippen molar-refractivity contribution in [1.29, 1.82) is 0 Å². The number of rotatable bonds is 8. The van der Waals surface area contributed by atoms with Gasteiger partial charge < -0.3 is 15.5 Å². The van der Waals surface area contributed by atoms with Crippen LogP contribution in [0.15, 0.2) is 0 Å². The van der Waals surface area contributed by atoms with E-state index >= 15 is 0 Å². The molecule has 0 saturated heterocycles. The van der Waals surface area contributed by atoms with Crippen molar-refractivity contribution in [1.82, 2.24) is 15.5 Å². The summed E-state index contributed by atoms with van der Waals surface area (Å²) >= 11 is 0. The Labute approximate surface area is 105 Å². The average Bonchev–Trinajstić information content (AvgIpc) is 3.08. The average molecular weight is 241 g/mol. The molecule has 1 unspecified atom stereocenters. The van der Waals surface area contributed by atoms with Crippen LogP contribution in [0, 0.1) is 0 Å². The van der Waals surface area contributed by atoms with Gasteiger partial charge in [-0.15, -0.1) is 0 Å². The van der Waals surface area contributed by atoms with Crippen LogP contribution in [0.3, 0.4) is 0 Å². The first-order valence-electron chi connectivity index (χ1n) is 6.95. The highest BCUT2D eigenvalue weighted by Crippen LogP contribution is 2.18. The van der Waals surface area contributed by atoms with E-state index in [9.17, 15) is 4.79 Å². The second-order valence-electron chi connectivity index (χ2n) is 4.96. The predicted molar refractivity (Wildman–Crippen MR) is 71.2 cm³/mol. The zero-order chi connectivity index (χ0) is 12.7. The van der Waals surface area contributed by atoms with Crippen molar-refractivity contribution in [3.63, 3.8) is 0 Å². The van der Waals surface area contributed by atoms with Crippen molar-refractivity contribution < 1.29 is 4.79 Å². The fraction of sp³-hybridized carbons (Fsp3) is 0.923. The van der Waals surface area contributed by atoms with Crippen molar-refractivity contribution in [2.45, 2.75) is 58.5 Å². The lowest BCUT2D eigenvalue weighted by molar-refractivity contribution is 0.235. The van der Waals surface area contributed by atoms with Crippen molar-refractivity contribution in [3.8, 4) is 0 Å². The molecular weight excluding hydrogens is 214 g/mol. The Kier molecular flexibility index (Phi) is 6.34. The van der Waals surface area contributed by atoms with E-state index in [4.69, 9.17) is 0 Å². The predicted octanol–water partition coefficient (Wildman–Crippen LogP) is 1.96. The van der Waals surface area contributed by atoms with Crippen LogP contribution in [0.25, 0.3) is 0 Å².